The number of hydrogen-bond acceptors (Lipinski definition) is 12. The van der Waals surface area contributed by atoms with E-state index in [4.69, 9.17) is 0 Å². The van der Waals surface area contributed by atoms with Crippen molar-refractivity contribution in [3.63, 3.8) is 0 Å². The summed E-state index contributed by atoms with van der Waals surface area (Å²) in [5.41, 5.74) is 4.63. The van der Waals surface area contributed by atoms with E-state index in [-0.39, 0.29) is 37.3 Å². The first kappa shape index (κ1) is 59.6. The lowest BCUT2D eigenvalue weighted by Gasteiger charge is -2.20. The highest BCUT2D eigenvalue weighted by atomic mass is 32.2. The number of aromatic nitrogens is 2. The number of rotatable bonds is 16. The Morgan fingerprint density at radius 2 is 1.43 bits per heavy atom. The average molecular weight is 831 g/mol. The molecule has 326 valence electrons. The van der Waals surface area contributed by atoms with Crippen LogP contribution in [0.1, 0.15) is 131 Å². The van der Waals surface area contributed by atoms with Crippen LogP contribution in [0.3, 0.4) is 0 Å². The van der Waals surface area contributed by atoms with Crippen molar-refractivity contribution in [1.82, 2.24) is 36.1 Å². The van der Waals surface area contributed by atoms with E-state index >= 15 is 0 Å². The van der Waals surface area contributed by atoms with Gasteiger partial charge in [0.15, 0.2) is 0 Å². The van der Waals surface area contributed by atoms with Crippen LogP contribution in [0.15, 0.2) is 18.6 Å². The van der Waals surface area contributed by atoms with Crippen molar-refractivity contribution < 1.29 is 28.8 Å². The van der Waals surface area contributed by atoms with Gasteiger partial charge in [0.05, 0.1) is 31.9 Å². The fraction of sp³-hybridized carbons (Fsp3) is 0.750. The van der Waals surface area contributed by atoms with Gasteiger partial charge in [0.25, 0.3) is 11.8 Å². The maximum absolute atomic E-state index is 11.8. The van der Waals surface area contributed by atoms with Crippen molar-refractivity contribution in [3.05, 3.63) is 24.3 Å². The summed E-state index contributed by atoms with van der Waals surface area (Å²) in [5, 5.41) is 10.2. The summed E-state index contributed by atoms with van der Waals surface area (Å²) >= 11 is 5.97. The van der Waals surface area contributed by atoms with Gasteiger partial charge < -0.3 is 31.8 Å². The number of aldehydes is 1. The van der Waals surface area contributed by atoms with Crippen LogP contribution in [0.5, 0.6) is 0 Å². The zero-order valence-electron chi connectivity index (χ0n) is 36.4. The lowest BCUT2D eigenvalue weighted by molar-refractivity contribution is -0.138. The number of ketones is 1. The van der Waals surface area contributed by atoms with Gasteiger partial charge in [-0.25, -0.2) is 4.98 Å². The zero-order chi connectivity index (χ0) is 43.7. The summed E-state index contributed by atoms with van der Waals surface area (Å²) in [6.45, 7) is 18.9. The molecule has 1 aromatic rings. The molecule has 2 fully saturated rings. The van der Waals surface area contributed by atoms with Gasteiger partial charge in [-0.3, -0.25) is 33.9 Å². The number of hydrogen-bond donors (Lipinski definition) is 6. The SMILES string of the molecule is C1CCCCC1.CC.CC(C)C.CC(C=O)NC(=O)CNC(=O)c1cnccn1.CC(CN(C)CC(=O)NCC(=O)C(=O)NC1CC1)SCCS.CCC.CN. The number of nitrogens with one attached hydrogen (secondary N) is 4. The smallest absolute Gasteiger partial charge is 0.289 e. The minimum Gasteiger partial charge on any atom is -0.347 e. The maximum atomic E-state index is 11.8. The van der Waals surface area contributed by atoms with Crippen molar-refractivity contribution >= 4 is 60.1 Å². The number of thiol groups is 1. The van der Waals surface area contributed by atoms with E-state index in [1.54, 1.807) is 0 Å². The second-order valence-electron chi connectivity index (χ2n) is 13.4. The molecule has 16 heteroatoms. The van der Waals surface area contributed by atoms with Crippen molar-refractivity contribution in [1.29, 1.82) is 0 Å². The molecule has 0 aliphatic heterocycles. The summed E-state index contributed by atoms with van der Waals surface area (Å²) in [4.78, 5) is 77.1. The standard InChI is InChI=1S/C14H25N3O3S2.C10H12N4O3.C6H12.C4H10.C3H8.C2H6.CH5N/c1-10(22-6-5-21)8-17(2)9-13(19)15-7-12(18)14(20)16-11-3-4-11;1-7(6-15)14-9(16)5-13-10(17)8-4-11-2-3-12-8;1-2-4-6-5-3-1;1-4(2)3;1-3-2;2*1-2/h10-11,21H,3-9H2,1-2H3,(H,15,19)(H,16,20);2-4,6-7H,5H2,1H3,(H,13,17)(H,14,16);1-6H2;4H,1-3H3;3H2,1-2H3;1-2H3;2H2,1H3. The summed E-state index contributed by atoms with van der Waals surface area (Å²) in [6.07, 6.45) is 16.8. The van der Waals surface area contributed by atoms with Crippen molar-refractivity contribution in [2.45, 2.75) is 137 Å². The van der Waals surface area contributed by atoms with E-state index in [1.807, 2.05) is 37.6 Å². The first-order valence-electron chi connectivity index (χ1n) is 20.1. The van der Waals surface area contributed by atoms with Gasteiger partial charge >= 0.3 is 0 Å². The van der Waals surface area contributed by atoms with Crippen molar-refractivity contribution in [2.24, 2.45) is 11.7 Å². The van der Waals surface area contributed by atoms with Crippen LogP contribution in [0.2, 0.25) is 0 Å². The Labute approximate surface area is 349 Å². The first-order valence-corrected chi connectivity index (χ1v) is 21.8. The lowest BCUT2D eigenvalue weighted by Crippen LogP contribution is -2.43. The highest BCUT2D eigenvalue weighted by Crippen LogP contribution is 2.18. The summed E-state index contributed by atoms with van der Waals surface area (Å²) in [5.74, 6) is 0.267. The number of amides is 4. The molecule has 2 aliphatic rings. The largest absolute Gasteiger partial charge is 0.347 e. The predicted molar refractivity (Wildman–Crippen MR) is 236 cm³/mol. The Bertz CT molecular complexity index is 1110. The molecule has 0 bridgehead atoms. The molecule has 14 nitrogen and oxygen atoms in total. The second-order valence-corrected chi connectivity index (χ2v) is 15.4. The van der Waals surface area contributed by atoms with Crippen molar-refractivity contribution in [2.75, 3.05) is 51.8 Å². The molecule has 1 heterocycles. The van der Waals surface area contributed by atoms with Gasteiger partial charge in [0, 0.05) is 36.0 Å². The summed E-state index contributed by atoms with van der Waals surface area (Å²) in [6, 6.07) is -0.426. The molecular formula is C40H78N8O6S2. The van der Waals surface area contributed by atoms with Crippen molar-refractivity contribution in [3.8, 4) is 0 Å². The molecular weight excluding hydrogens is 753 g/mol. The van der Waals surface area contributed by atoms with Gasteiger partial charge in [0.2, 0.25) is 17.6 Å². The molecule has 0 saturated heterocycles. The molecule has 6 N–H and O–H groups in total. The Hall–Kier alpha value is -3.08. The Balaban J connectivity index is -0.000000347. The lowest BCUT2D eigenvalue weighted by atomic mass is 10.0. The maximum Gasteiger partial charge on any atom is 0.289 e. The first-order chi connectivity index (χ1) is 26.7. The van der Waals surface area contributed by atoms with Crippen LogP contribution >= 0.6 is 24.4 Å². The minimum atomic E-state index is -0.604. The molecule has 56 heavy (non-hydrogen) atoms. The topological polar surface area (TPSA) is 206 Å². The number of nitrogens with two attached hydrogens (primary N) is 1. The Morgan fingerprint density at radius 1 is 0.911 bits per heavy atom. The van der Waals surface area contributed by atoms with Crippen LogP contribution in [0, 0.1) is 5.92 Å². The normalized spacial score (nSPS) is 13.3. The van der Waals surface area contributed by atoms with Crippen LogP contribution < -0.4 is 27.0 Å². The van der Waals surface area contributed by atoms with Gasteiger partial charge in [-0.1, -0.05) is 100 Å². The number of carbonyl (C=O) groups is 6. The van der Waals surface area contributed by atoms with Gasteiger partial charge in [-0.05, 0) is 45.5 Å². The molecule has 4 amide bonds. The van der Waals surface area contributed by atoms with Crippen LogP contribution in [-0.2, 0) is 24.0 Å². The predicted octanol–water partition coefficient (Wildman–Crippen LogP) is 4.86. The molecule has 2 unspecified atom stereocenters. The van der Waals surface area contributed by atoms with E-state index in [0.29, 0.717) is 11.5 Å². The van der Waals surface area contributed by atoms with E-state index in [2.05, 4.69) is 91.1 Å². The molecule has 3 rings (SSSR count). The number of thioether (sulfide) groups is 1. The number of Topliss-reactive ketones (excluding diaryl/α,β-unsaturated/α-hetero) is 1. The second kappa shape index (κ2) is 43.1. The molecule has 1 aromatic heterocycles. The molecule has 2 aliphatic carbocycles. The zero-order valence-corrected chi connectivity index (χ0v) is 38.2. The van der Waals surface area contributed by atoms with E-state index < -0.39 is 29.5 Å². The highest BCUT2D eigenvalue weighted by molar-refractivity contribution is 8.00. The monoisotopic (exact) mass is 831 g/mol. The van der Waals surface area contributed by atoms with E-state index in [9.17, 15) is 28.8 Å². The van der Waals surface area contributed by atoms with Gasteiger partial charge in [0.1, 0.15) is 12.0 Å². The highest BCUT2D eigenvalue weighted by Gasteiger charge is 2.26. The van der Waals surface area contributed by atoms with Gasteiger partial charge in [-0.2, -0.15) is 24.4 Å². The molecule has 0 aromatic carbocycles. The molecule has 2 atom stereocenters. The Morgan fingerprint density at radius 3 is 1.86 bits per heavy atom. The van der Waals surface area contributed by atoms with E-state index in [0.717, 1.165) is 36.8 Å². The van der Waals surface area contributed by atoms with Crippen LogP contribution in [-0.4, -0.2) is 120 Å². The molecule has 0 spiro atoms. The summed E-state index contributed by atoms with van der Waals surface area (Å²) < 4.78 is 0. The van der Waals surface area contributed by atoms with E-state index in [1.165, 1.54) is 77.5 Å². The fourth-order valence-corrected chi connectivity index (χ4v) is 5.11. The van der Waals surface area contributed by atoms with Crippen LogP contribution in [0.4, 0.5) is 0 Å². The quantitative estimate of drug-likeness (QED) is 0.0754. The minimum absolute atomic E-state index is 0.128. The Kier molecular flexibility index (Phi) is 45.8. The molecule has 0 radical (unpaired) electrons. The van der Waals surface area contributed by atoms with Gasteiger partial charge in [-0.15, -0.1) is 0 Å². The fourth-order valence-electron chi connectivity index (χ4n) is 3.93. The third-order valence-electron chi connectivity index (χ3n) is 6.39. The third kappa shape index (κ3) is 43.6. The third-order valence-corrected chi connectivity index (χ3v) is 8.07. The van der Waals surface area contributed by atoms with Crippen LogP contribution in [0.25, 0.3) is 0 Å². The average Bonchev–Trinajstić information content (AvgIpc) is 4.02. The number of nitrogens with zero attached hydrogens (tertiary/aromatic N) is 3. The molecule has 2 saturated carbocycles. The summed E-state index contributed by atoms with van der Waals surface area (Å²) in [7, 11) is 3.36. The number of carbonyl (C=O) groups excluding carboxylic acids is 6. The number of likely N-dealkylation sites (N-methyl/N-ethyl adjacent to an activating group) is 1.